The number of hydrogen-bond acceptors (Lipinski definition) is 7. The molecule has 8 nitrogen and oxygen atoms in total. The number of aliphatic hydroxyl groups is 3. The maximum atomic E-state index is 10.8. The molecule has 0 aliphatic carbocycles. The predicted molar refractivity (Wildman–Crippen MR) is 69.1 cm³/mol. The molecule has 1 atom stereocenters. The van der Waals surface area contributed by atoms with Crippen molar-refractivity contribution in [2.75, 3.05) is 13.2 Å². The van der Waals surface area contributed by atoms with Crippen LogP contribution in [-0.2, 0) is 12.8 Å². The SMILES string of the molecule is NN.O=[N+]([O-])c1cc(CCO)ccc1CC(O)CO. The molecule has 1 unspecified atom stereocenters. The summed E-state index contributed by atoms with van der Waals surface area (Å²) in [5.41, 5.74) is 0.947. The number of nitro groups is 1. The van der Waals surface area contributed by atoms with Crippen molar-refractivity contribution in [1.82, 2.24) is 0 Å². The number of aliphatic hydroxyl groups excluding tert-OH is 3. The van der Waals surface area contributed by atoms with Gasteiger partial charge in [0, 0.05) is 24.7 Å². The van der Waals surface area contributed by atoms with E-state index in [0.717, 1.165) is 0 Å². The van der Waals surface area contributed by atoms with E-state index < -0.39 is 17.6 Å². The van der Waals surface area contributed by atoms with Crippen molar-refractivity contribution in [2.45, 2.75) is 18.9 Å². The highest BCUT2D eigenvalue weighted by Crippen LogP contribution is 2.22. The molecular formula is C11H19N3O5. The normalized spacial score (nSPS) is 11.4. The molecule has 0 amide bonds. The van der Waals surface area contributed by atoms with Crippen molar-refractivity contribution < 1.29 is 20.2 Å². The Morgan fingerprint density at radius 3 is 2.42 bits per heavy atom. The fourth-order valence-corrected chi connectivity index (χ4v) is 1.56. The Morgan fingerprint density at radius 1 is 1.32 bits per heavy atom. The van der Waals surface area contributed by atoms with Crippen LogP contribution in [0.15, 0.2) is 18.2 Å². The third-order valence-corrected chi connectivity index (χ3v) is 2.41. The molecule has 0 saturated heterocycles. The van der Waals surface area contributed by atoms with Gasteiger partial charge >= 0.3 is 0 Å². The zero-order valence-electron chi connectivity index (χ0n) is 10.4. The first kappa shape index (κ1) is 17.4. The number of rotatable bonds is 6. The summed E-state index contributed by atoms with van der Waals surface area (Å²) < 4.78 is 0. The smallest absolute Gasteiger partial charge is 0.272 e. The van der Waals surface area contributed by atoms with Gasteiger partial charge in [-0.3, -0.25) is 21.8 Å². The minimum absolute atomic E-state index is 0.0339. The Hall–Kier alpha value is -1.58. The molecule has 0 saturated carbocycles. The van der Waals surface area contributed by atoms with E-state index in [1.165, 1.54) is 6.07 Å². The lowest BCUT2D eigenvalue weighted by atomic mass is 10.0. The Morgan fingerprint density at radius 2 is 1.95 bits per heavy atom. The fourth-order valence-electron chi connectivity index (χ4n) is 1.56. The lowest BCUT2D eigenvalue weighted by molar-refractivity contribution is -0.385. The van der Waals surface area contributed by atoms with Crippen LogP contribution in [0, 0.1) is 10.1 Å². The van der Waals surface area contributed by atoms with E-state index in [2.05, 4.69) is 11.7 Å². The van der Waals surface area contributed by atoms with Gasteiger partial charge in [0.2, 0.25) is 0 Å². The summed E-state index contributed by atoms with van der Waals surface area (Å²) in [7, 11) is 0. The van der Waals surface area contributed by atoms with Gasteiger partial charge in [0.25, 0.3) is 5.69 Å². The van der Waals surface area contributed by atoms with Gasteiger partial charge in [0.05, 0.1) is 17.6 Å². The van der Waals surface area contributed by atoms with E-state index in [0.29, 0.717) is 17.5 Å². The number of nitrogens with two attached hydrogens (primary N) is 2. The maximum absolute atomic E-state index is 10.8. The van der Waals surface area contributed by atoms with E-state index in [1.54, 1.807) is 12.1 Å². The van der Waals surface area contributed by atoms with Crippen LogP contribution < -0.4 is 11.7 Å². The topological polar surface area (TPSA) is 156 Å². The second-order valence-electron chi connectivity index (χ2n) is 3.73. The van der Waals surface area contributed by atoms with E-state index >= 15 is 0 Å². The largest absolute Gasteiger partial charge is 0.396 e. The first-order chi connectivity index (χ1) is 9.08. The summed E-state index contributed by atoms with van der Waals surface area (Å²) in [5, 5.41) is 37.6. The molecule has 0 aliphatic heterocycles. The number of hydrazine groups is 1. The minimum atomic E-state index is -1.00. The van der Waals surface area contributed by atoms with Crippen LogP contribution in [0.5, 0.6) is 0 Å². The van der Waals surface area contributed by atoms with Crippen molar-refractivity contribution in [3.05, 3.63) is 39.4 Å². The third kappa shape index (κ3) is 5.73. The second kappa shape index (κ2) is 9.36. The summed E-state index contributed by atoms with van der Waals surface area (Å²) in [4.78, 5) is 10.3. The molecule has 0 heterocycles. The summed E-state index contributed by atoms with van der Waals surface area (Å²) in [6.07, 6.45) is -0.618. The lowest BCUT2D eigenvalue weighted by Gasteiger charge is -2.08. The summed E-state index contributed by atoms with van der Waals surface area (Å²) >= 11 is 0. The summed E-state index contributed by atoms with van der Waals surface area (Å²) in [6.45, 7) is -0.509. The van der Waals surface area contributed by atoms with Gasteiger partial charge in [-0.2, -0.15) is 0 Å². The monoisotopic (exact) mass is 273 g/mol. The van der Waals surface area contributed by atoms with Crippen molar-refractivity contribution in [1.29, 1.82) is 0 Å². The number of benzene rings is 1. The van der Waals surface area contributed by atoms with E-state index in [1.807, 2.05) is 0 Å². The average molecular weight is 273 g/mol. The molecule has 0 aliphatic rings. The Kier molecular flexibility index (Phi) is 8.58. The molecular weight excluding hydrogens is 254 g/mol. The molecule has 8 heteroatoms. The standard InChI is InChI=1S/C11H15NO5.H4N2/c13-4-3-8-1-2-9(6-10(15)7-14)11(5-8)12(16)17;1-2/h1-2,5,10,13-15H,3-4,6-7H2;1-2H2. The molecule has 0 aromatic heterocycles. The van der Waals surface area contributed by atoms with E-state index in [-0.39, 0.29) is 18.7 Å². The lowest BCUT2D eigenvalue weighted by Crippen LogP contribution is -2.16. The quantitative estimate of drug-likeness (QED) is 0.249. The van der Waals surface area contributed by atoms with Gasteiger partial charge in [0.1, 0.15) is 0 Å². The van der Waals surface area contributed by atoms with Crippen LogP contribution >= 0.6 is 0 Å². The number of nitrogens with zero attached hydrogens (tertiary/aromatic N) is 1. The zero-order chi connectivity index (χ0) is 14.8. The van der Waals surface area contributed by atoms with Crippen LogP contribution in [0.1, 0.15) is 11.1 Å². The highest BCUT2D eigenvalue weighted by Gasteiger charge is 2.17. The molecule has 108 valence electrons. The second-order valence-corrected chi connectivity index (χ2v) is 3.73. The molecule has 0 spiro atoms. The van der Waals surface area contributed by atoms with Crippen molar-refractivity contribution in [2.24, 2.45) is 11.7 Å². The zero-order valence-corrected chi connectivity index (χ0v) is 10.4. The summed E-state index contributed by atoms with van der Waals surface area (Å²) in [6, 6.07) is 4.60. The van der Waals surface area contributed by atoms with Gasteiger partial charge in [-0.05, 0) is 12.0 Å². The fraction of sp³-hybridized carbons (Fsp3) is 0.455. The van der Waals surface area contributed by atoms with Gasteiger partial charge in [-0.1, -0.05) is 12.1 Å². The van der Waals surface area contributed by atoms with Crippen LogP contribution in [-0.4, -0.2) is 39.6 Å². The van der Waals surface area contributed by atoms with Crippen molar-refractivity contribution >= 4 is 5.69 Å². The van der Waals surface area contributed by atoms with Gasteiger partial charge in [-0.15, -0.1) is 0 Å². The van der Waals surface area contributed by atoms with Crippen LogP contribution in [0.2, 0.25) is 0 Å². The molecule has 19 heavy (non-hydrogen) atoms. The van der Waals surface area contributed by atoms with Crippen LogP contribution in [0.3, 0.4) is 0 Å². The molecule has 0 fully saturated rings. The Bertz CT molecular complexity index is 400. The molecule has 0 bridgehead atoms. The maximum Gasteiger partial charge on any atom is 0.272 e. The molecule has 7 N–H and O–H groups in total. The third-order valence-electron chi connectivity index (χ3n) is 2.41. The molecule has 0 radical (unpaired) electrons. The minimum Gasteiger partial charge on any atom is -0.396 e. The Labute approximate surface area is 110 Å². The summed E-state index contributed by atoms with van der Waals surface area (Å²) in [5.74, 6) is 8.00. The van der Waals surface area contributed by atoms with Crippen LogP contribution in [0.25, 0.3) is 0 Å². The molecule has 1 rings (SSSR count). The number of hydrogen-bond donors (Lipinski definition) is 5. The predicted octanol–water partition coefficient (Wildman–Crippen LogP) is -1.16. The van der Waals surface area contributed by atoms with Crippen molar-refractivity contribution in [3.8, 4) is 0 Å². The number of nitro benzene ring substituents is 1. The first-order valence-corrected chi connectivity index (χ1v) is 5.57. The van der Waals surface area contributed by atoms with Gasteiger partial charge in [0.15, 0.2) is 0 Å². The van der Waals surface area contributed by atoms with E-state index in [4.69, 9.17) is 10.2 Å². The van der Waals surface area contributed by atoms with E-state index in [9.17, 15) is 15.2 Å². The van der Waals surface area contributed by atoms with Gasteiger partial charge < -0.3 is 15.3 Å². The van der Waals surface area contributed by atoms with Gasteiger partial charge in [-0.25, -0.2) is 0 Å². The van der Waals surface area contributed by atoms with Crippen molar-refractivity contribution in [3.63, 3.8) is 0 Å². The molecule has 1 aromatic carbocycles. The highest BCUT2D eigenvalue weighted by atomic mass is 16.6. The Balaban J connectivity index is 0.00000154. The molecule has 1 aromatic rings. The average Bonchev–Trinajstić information content (AvgIpc) is 2.42. The first-order valence-electron chi connectivity index (χ1n) is 5.57. The highest BCUT2D eigenvalue weighted by molar-refractivity contribution is 5.43. The van der Waals surface area contributed by atoms with Crippen LogP contribution in [0.4, 0.5) is 5.69 Å².